The molecule has 0 N–H and O–H groups in total. The van der Waals surface area contributed by atoms with Gasteiger partial charge in [-0.3, -0.25) is 4.79 Å². The third-order valence-electron chi connectivity index (χ3n) is 6.93. The second-order valence-corrected chi connectivity index (χ2v) is 7.90. The van der Waals surface area contributed by atoms with Gasteiger partial charge in [-0.15, -0.1) is 0 Å². The lowest BCUT2D eigenvalue weighted by atomic mass is 9.63. The van der Waals surface area contributed by atoms with Crippen LogP contribution < -0.4 is 5.56 Å². The molecule has 0 radical (unpaired) electrons. The van der Waals surface area contributed by atoms with Crippen LogP contribution in [0.1, 0.15) is 58.2 Å². The average Bonchev–Trinajstić information content (AvgIpc) is 2.74. The monoisotopic (exact) mass is 320 g/mol. The minimum Gasteiger partial charge on any atom is -0.304 e. The van der Waals surface area contributed by atoms with E-state index in [-0.39, 0.29) is 22.3 Å². The number of hydrogen-bond donors (Lipinski definition) is 0. The zero-order valence-electron chi connectivity index (χ0n) is 15.1. The number of fused-ring (bicyclic) bond motifs is 5. The van der Waals surface area contributed by atoms with E-state index in [4.69, 9.17) is 0 Å². The van der Waals surface area contributed by atoms with Gasteiger partial charge in [0.05, 0.1) is 0 Å². The quantitative estimate of drug-likeness (QED) is 0.611. The van der Waals surface area contributed by atoms with Crippen molar-refractivity contribution in [3.05, 3.63) is 58.1 Å². The van der Waals surface area contributed by atoms with Crippen LogP contribution in [0.4, 0.5) is 0 Å². The predicted octanol–water partition coefficient (Wildman–Crippen LogP) is 4.66. The SMILES string of the molecule is CCC1(C)c2c(c(=O)nc3c4ccccc4ccn23)C(C)C1(C)C. The second kappa shape index (κ2) is 4.69. The fourth-order valence-electron chi connectivity index (χ4n) is 4.60. The zero-order valence-corrected chi connectivity index (χ0v) is 15.1. The maximum atomic E-state index is 12.9. The van der Waals surface area contributed by atoms with Gasteiger partial charge in [0.2, 0.25) is 0 Å². The molecule has 2 heterocycles. The van der Waals surface area contributed by atoms with E-state index in [9.17, 15) is 4.79 Å². The third-order valence-corrected chi connectivity index (χ3v) is 6.93. The molecule has 3 nitrogen and oxygen atoms in total. The zero-order chi connectivity index (χ0) is 17.3. The molecule has 24 heavy (non-hydrogen) atoms. The first-order valence-corrected chi connectivity index (χ1v) is 8.77. The van der Waals surface area contributed by atoms with Crippen molar-refractivity contribution in [3.8, 4) is 0 Å². The van der Waals surface area contributed by atoms with Crippen molar-refractivity contribution in [2.75, 3.05) is 0 Å². The summed E-state index contributed by atoms with van der Waals surface area (Å²) < 4.78 is 2.17. The number of pyridine rings is 1. The van der Waals surface area contributed by atoms with Crippen molar-refractivity contribution in [1.82, 2.24) is 9.38 Å². The summed E-state index contributed by atoms with van der Waals surface area (Å²) in [5.74, 6) is 0.195. The first kappa shape index (κ1) is 15.4. The second-order valence-electron chi connectivity index (χ2n) is 7.90. The molecule has 0 amide bonds. The highest BCUT2D eigenvalue weighted by molar-refractivity contribution is 5.93. The van der Waals surface area contributed by atoms with Crippen LogP contribution in [-0.2, 0) is 5.41 Å². The number of hydrogen-bond acceptors (Lipinski definition) is 2. The highest BCUT2D eigenvalue weighted by Crippen LogP contribution is 2.58. The Balaban J connectivity index is 2.25. The van der Waals surface area contributed by atoms with Gasteiger partial charge >= 0.3 is 0 Å². The van der Waals surface area contributed by atoms with Crippen LogP contribution in [0.25, 0.3) is 16.4 Å². The number of nitrogens with zero attached hydrogens (tertiary/aromatic N) is 2. The predicted molar refractivity (Wildman–Crippen MR) is 98.8 cm³/mol. The van der Waals surface area contributed by atoms with Gasteiger partial charge in [0.1, 0.15) is 5.65 Å². The third kappa shape index (κ3) is 1.62. The maximum absolute atomic E-state index is 12.9. The van der Waals surface area contributed by atoms with Crippen LogP contribution >= 0.6 is 0 Å². The summed E-state index contributed by atoms with van der Waals surface area (Å²) in [5.41, 5.74) is 2.73. The molecule has 2 unspecified atom stereocenters. The van der Waals surface area contributed by atoms with Crippen LogP contribution in [0.3, 0.4) is 0 Å². The highest BCUT2D eigenvalue weighted by atomic mass is 16.1. The van der Waals surface area contributed by atoms with Crippen molar-refractivity contribution < 1.29 is 0 Å². The minimum atomic E-state index is -0.0603. The molecule has 0 aliphatic heterocycles. The summed E-state index contributed by atoms with van der Waals surface area (Å²) in [6.45, 7) is 11.3. The average molecular weight is 320 g/mol. The van der Waals surface area contributed by atoms with E-state index in [1.54, 1.807) is 0 Å². The van der Waals surface area contributed by atoms with Gasteiger partial charge in [-0.05, 0) is 29.2 Å². The summed E-state index contributed by atoms with van der Waals surface area (Å²) in [6.07, 6.45) is 3.08. The molecule has 3 heteroatoms. The Morgan fingerprint density at radius 2 is 1.88 bits per heavy atom. The molecular weight excluding hydrogens is 296 g/mol. The maximum Gasteiger partial charge on any atom is 0.277 e. The topological polar surface area (TPSA) is 34.4 Å². The van der Waals surface area contributed by atoms with E-state index >= 15 is 0 Å². The van der Waals surface area contributed by atoms with Crippen molar-refractivity contribution in [2.24, 2.45) is 5.41 Å². The molecule has 0 saturated carbocycles. The molecule has 4 rings (SSSR count). The molecule has 0 bridgehead atoms. The van der Waals surface area contributed by atoms with Gasteiger partial charge in [0.25, 0.3) is 5.56 Å². The van der Waals surface area contributed by atoms with Gasteiger partial charge in [0.15, 0.2) is 0 Å². The van der Waals surface area contributed by atoms with Crippen molar-refractivity contribution in [3.63, 3.8) is 0 Å². The van der Waals surface area contributed by atoms with E-state index in [0.29, 0.717) is 0 Å². The van der Waals surface area contributed by atoms with Gasteiger partial charge in [-0.1, -0.05) is 58.9 Å². The molecule has 1 aliphatic carbocycles. The molecule has 3 aromatic rings. The van der Waals surface area contributed by atoms with Crippen LogP contribution in [0.5, 0.6) is 0 Å². The Labute approximate surface area is 142 Å². The first-order valence-electron chi connectivity index (χ1n) is 8.77. The molecule has 0 fully saturated rings. The summed E-state index contributed by atoms with van der Waals surface area (Å²) in [5, 5.41) is 2.16. The Kier molecular flexibility index (Phi) is 3.00. The van der Waals surface area contributed by atoms with E-state index < -0.39 is 0 Å². The molecular formula is C21H24N2O. The lowest BCUT2D eigenvalue weighted by Gasteiger charge is -2.41. The number of rotatable bonds is 1. The van der Waals surface area contributed by atoms with Gasteiger partial charge in [0, 0.05) is 28.3 Å². The van der Waals surface area contributed by atoms with Crippen LogP contribution in [0, 0.1) is 5.41 Å². The van der Waals surface area contributed by atoms with E-state index in [1.165, 1.54) is 0 Å². The van der Waals surface area contributed by atoms with Crippen molar-refractivity contribution >= 4 is 16.4 Å². The lowest BCUT2D eigenvalue weighted by Crippen LogP contribution is -2.37. The van der Waals surface area contributed by atoms with E-state index in [0.717, 1.165) is 34.1 Å². The van der Waals surface area contributed by atoms with Crippen LogP contribution in [0.2, 0.25) is 0 Å². The Morgan fingerprint density at radius 1 is 1.17 bits per heavy atom. The number of benzene rings is 1. The molecule has 2 atom stereocenters. The van der Waals surface area contributed by atoms with Gasteiger partial charge in [-0.25, -0.2) is 0 Å². The Hall–Kier alpha value is -2.16. The van der Waals surface area contributed by atoms with Gasteiger partial charge in [-0.2, -0.15) is 4.98 Å². The normalized spacial score (nSPS) is 25.3. The lowest BCUT2D eigenvalue weighted by molar-refractivity contribution is 0.163. The minimum absolute atomic E-state index is 0.0118. The van der Waals surface area contributed by atoms with Crippen LogP contribution in [0.15, 0.2) is 41.3 Å². The van der Waals surface area contributed by atoms with E-state index in [2.05, 4.69) is 68.4 Å². The fraction of sp³-hybridized carbons (Fsp3) is 0.429. The smallest absolute Gasteiger partial charge is 0.277 e. The molecule has 0 saturated heterocycles. The van der Waals surface area contributed by atoms with Crippen LogP contribution in [-0.4, -0.2) is 9.38 Å². The first-order chi connectivity index (χ1) is 11.3. The summed E-state index contributed by atoms with van der Waals surface area (Å²) in [6, 6.07) is 10.3. The summed E-state index contributed by atoms with van der Waals surface area (Å²) >= 11 is 0. The fourth-order valence-corrected chi connectivity index (χ4v) is 4.60. The van der Waals surface area contributed by atoms with E-state index in [1.807, 2.05) is 12.1 Å². The van der Waals surface area contributed by atoms with Crippen molar-refractivity contribution in [1.29, 1.82) is 0 Å². The molecule has 124 valence electrons. The summed E-state index contributed by atoms with van der Waals surface area (Å²) in [7, 11) is 0. The Bertz CT molecular complexity index is 1030. The molecule has 0 spiro atoms. The Morgan fingerprint density at radius 3 is 2.58 bits per heavy atom. The summed E-state index contributed by atoms with van der Waals surface area (Å²) in [4.78, 5) is 17.4. The molecule has 2 aromatic heterocycles. The largest absolute Gasteiger partial charge is 0.304 e. The number of aromatic nitrogens is 2. The molecule has 1 aromatic carbocycles. The molecule has 1 aliphatic rings. The highest BCUT2D eigenvalue weighted by Gasteiger charge is 2.54. The standard InChI is InChI=1S/C21H24N2O/c1-6-21(5)17-16(13(2)20(21,3)4)19(24)22-18-15-10-8-7-9-14(15)11-12-23(17)18/h7-13H,6H2,1-5H3. The van der Waals surface area contributed by atoms with Crippen molar-refractivity contribution in [2.45, 2.75) is 52.4 Å². The van der Waals surface area contributed by atoms with Gasteiger partial charge < -0.3 is 4.40 Å².